The molecular formula is C19H21ClF3N3O2. The van der Waals surface area contributed by atoms with E-state index in [0.717, 1.165) is 12.3 Å². The lowest BCUT2D eigenvalue weighted by molar-refractivity contribution is -0.137. The summed E-state index contributed by atoms with van der Waals surface area (Å²) in [6.45, 7) is 3.04. The van der Waals surface area contributed by atoms with Gasteiger partial charge < -0.3 is 14.7 Å². The fraction of sp³-hybridized carbons (Fsp3) is 0.421. The molecule has 1 aromatic heterocycles. The first-order chi connectivity index (χ1) is 13.3. The number of nitrogens with zero attached hydrogens (tertiary/aromatic N) is 3. The highest BCUT2D eigenvalue weighted by Gasteiger charge is 2.32. The molecule has 5 nitrogen and oxygen atoms in total. The van der Waals surface area contributed by atoms with Gasteiger partial charge >= 0.3 is 6.18 Å². The lowest BCUT2D eigenvalue weighted by Gasteiger charge is -2.36. The fourth-order valence-electron chi connectivity index (χ4n) is 3.02. The minimum atomic E-state index is -4.47. The van der Waals surface area contributed by atoms with Crippen LogP contribution in [0.5, 0.6) is 5.75 Å². The lowest BCUT2D eigenvalue weighted by atomic mass is 10.2. The quantitative estimate of drug-likeness (QED) is 0.784. The Morgan fingerprint density at radius 1 is 1.14 bits per heavy atom. The van der Waals surface area contributed by atoms with Crippen LogP contribution in [0.1, 0.15) is 5.56 Å². The monoisotopic (exact) mass is 415 g/mol. The number of rotatable bonds is 6. The Morgan fingerprint density at radius 3 is 2.43 bits per heavy atom. The van der Waals surface area contributed by atoms with Crippen LogP contribution >= 0.6 is 11.6 Å². The molecule has 0 saturated carbocycles. The van der Waals surface area contributed by atoms with Gasteiger partial charge in [-0.1, -0.05) is 29.8 Å². The van der Waals surface area contributed by atoms with Gasteiger partial charge in [0.2, 0.25) is 0 Å². The van der Waals surface area contributed by atoms with Crippen LogP contribution in [-0.2, 0) is 6.18 Å². The molecule has 1 fully saturated rings. The van der Waals surface area contributed by atoms with E-state index in [4.69, 9.17) is 16.3 Å². The molecule has 0 aliphatic carbocycles. The predicted octanol–water partition coefficient (Wildman–Crippen LogP) is 3.32. The van der Waals surface area contributed by atoms with Gasteiger partial charge in [-0.05, 0) is 18.2 Å². The van der Waals surface area contributed by atoms with Crippen molar-refractivity contribution in [3.8, 4) is 5.75 Å². The van der Waals surface area contributed by atoms with Gasteiger partial charge in [0, 0.05) is 38.9 Å². The Kier molecular flexibility index (Phi) is 6.64. The molecule has 2 heterocycles. The summed E-state index contributed by atoms with van der Waals surface area (Å²) in [4.78, 5) is 7.83. The number of hydrogen-bond acceptors (Lipinski definition) is 5. The average Bonchev–Trinajstić information content (AvgIpc) is 2.67. The number of β-amino-alcohol motifs (C(OH)–C–C–N with tert-alkyl or cyclic N) is 1. The maximum atomic E-state index is 12.7. The average molecular weight is 416 g/mol. The number of para-hydroxylation sites is 1. The van der Waals surface area contributed by atoms with Crippen LogP contribution < -0.4 is 9.64 Å². The highest BCUT2D eigenvalue weighted by Crippen LogP contribution is 2.33. The SMILES string of the molecule is O[C@@H](COc1ccccc1)CN1CCN(c2ncc(C(F)(F)F)cc2Cl)CC1. The van der Waals surface area contributed by atoms with Gasteiger partial charge in [0.05, 0.1) is 10.6 Å². The molecule has 0 bridgehead atoms. The summed E-state index contributed by atoms with van der Waals surface area (Å²) >= 11 is 6.01. The van der Waals surface area contributed by atoms with E-state index >= 15 is 0 Å². The number of halogens is 4. The number of aromatic nitrogens is 1. The number of aliphatic hydroxyl groups is 1. The van der Waals surface area contributed by atoms with Crippen molar-refractivity contribution in [3.63, 3.8) is 0 Å². The molecule has 9 heteroatoms. The highest BCUT2D eigenvalue weighted by atomic mass is 35.5. The summed E-state index contributed by atoms with van der Waals surface area (Å²) in [6.07, 6.45) is -4.30. The summed E-state index contributed by atoms with van der Waals surface area (Å²) in [5.41, 5.74) is -0.860. The summed E-state index contributed by atoms with van der Waals surface area (Å²) in [6, 6.07) is 10.2. The molecule has 1 saturated heterocycles. The van der Waals surface area contributed by atoms with E-state index in [0.29, 0.717) is 44.3 Å². The third-order valence-corrected chi connectivity index (χ3v) is 4.75. The zero-order valence-corrected chi connectivity index (χ0v) is 15.8. The number of hydrogen-bond donors (Lipinski definition) is 1. The van der Waals surface area contributed by atoms with Crippen molar-refractivity contribution in [3.05, 3.63) is 53.2 Å². The van der Waals surface area contributed by atoms with Crippen LogP contribution in [0.4, 0.5) is 19.0 Å². The first-order valence-electron chi connectivity index (χ1n) is 8.89. The summed E-state index contributed by atoms with van der Waals surface area (Å²) in [5, 5.41) is 10.2. The molecule has 0 spiro atoms. The molecule has 0 amide bonds. The van der Waals surface area contributed by atoms with E-state index in [9.17, 15) is 18.3 Å². The maximum absolute atomic E-state index is 12.7. The Balaban J connectivity index is 1.48. The second-order valence-electron chi connectivity index (χ2n) is 6.59. The first kappa shape index (κ1) is 20.7. The summed E-state index contributed by atoms with van der Waals surface area (Å²) in [7, 11) is 0. The van der Waals surface area contributed by atoms with Gasteiger partial charge in [-0.2, -0.15) is 13.2 Å². The van der Waals surface area contributed by atoms with E-state index in [2.05, 4.69) is 9.88 Å². The molecule has 3 rings (SSSR count). The van der Waals surface area contributed by atoms with Crippen LogP contribution in [-0.4, -0.2) is 60.4 Å². The molecule has 0 unspecified atom stereocenters. The third-order valence-electron chi connectivity index (χ3n) is 4.48. The van der Waals surface area contributed by atoms with Crippen molar-refractivity contribution in [2.24, 2.45) is 0 Å². The van der Waals surface area contributed by atoms with E-state index in [1.54, 1.807) is 0 Å². The molecule has 152 valence electrons. The second kappa shape index (κ2) is 8.98. The summed E-state index contributed by atoms with van der Waals surface area (Å²) < 4.78 is 43.7. The van der Waals surface area contributed by atoms with E-state index in [1.165, 1.54) is 0 Å². The molecule has 0 radical (unpaired) electrons. The lowest BCUT2D eigenvalue weighted by Crippen LogP contribution is -2.49. The van der Waals surface area contributed by atoms with Gasteiger partial charge in [0.25, 0.3) is 0 Å². The fourth-order valence-corrected chi connectivity index (χ4v) is 3.31. The largest absolute Gasteiger partial charge is 0.491 e. The standard InChI is InChI=1S/C19H21ClF3N3O2/c20-17-10-14(19(21,22)23)11-24-18(17)26-8-6-25(7-9-26)12-15(27)13-28-16-4-2-1-3-5-16/h1-5,10-11,15,27H,6-9,12-13H2/t15-/m1/s1. The van der Waals surface area contributed by atoms with Crippen molar-refractivity contribution in [2.45, 2.75) is 12.3 Å². The number of anilines is 1. The van der Waals surface area contributed by atoms with Crippen molar-refractivity contribution in [1.29, 1.82) is 0 Å². The zero-order valence-electron chi connectivity index (χ0n) is 15.1. The van der Waals surface area contributed by atoms with Crippen LogP contribution in [0, 0.1) is 0 Å². The van der Waals surface area contributed by atoms with Crippen LogP contribution in [0.3, 0.4) is 0 Å². The van der Waals surface area contributed by atoms with Crippen molar-refractivity contribution >= 4 is 17.4 Å². The number of piperazine rings is 1. The minimum absolute atomic E-state index is 0.0143. The van der Waals surface area contributed by atoms with Gasteiger partial charge in [-0.3, -0.25) is 4.90 Å². The van der Waals surface area contributed by atoms with Crippen LogP contribution in [0.2, 0.25) is 5.02 Å². The van der Waals surface area contributed by atoms with Crippen molar-refractivity contribution in [1.82, 2.24) is 9.88 Å². The van der Waals surface area contributed by atoms with E-state index in [-0.39, 0.29) is 11.6 Å². The van der Waals surface area contributed by atoms with Crippen LogP contribution in [0.25, 0.3) is 0 Å². The van der Waals surface area contributed by atoms with E-state index in [1.807, 2.05) is 35.2 Å². The Labute approximate surface area is 166 Å². The molecule has 1 aliphatic rings. The normalized spacial score (nSPS) is 16.8. The summed E-state index contributed by atoms with van der Waals surface area (Å²) in [5.74, 6) is 1.05. The van der Waals surface area contributed by atoms with Gasteiger partial charge in [-0.15, -0.1) is 0 Å². The second-order valence-corrected chi connectivity index (χ2v) is 7.00. The maximum Gasteiger partial charge on any atom is 0.417 e. The number of aliphatic hydroxyl groups excluding tert-OH is 1. The van der Waals surface area contributed by atoms with E-state index < -0.39 is 17.8 Å². The molecule has 2 aromatic rings. The molecule has 1 N–H and O–H groups in total. The first-order valence-corrected chi connectivity index (χ1v) is 9.26. The minimum Gasteiger partial charge on any atom is -0.491 e. The smallest absolute Gasteiger partial charge is 0.417 e. The van der Waals surface area contributed by atoms with Gasteiger partial charge in [0.15, 0.2) is 0 Å². The number of alkyl halides is 3. The zero-order chi connectivity index (χ0) is 20.1. The molecule has 1 atom stereocenters. The van der Waals surface area contributed by atoms with Crippen molar-refractivity contribution < 1.29 is 23.0 Å². The number of benzene rings is 1. The number of ether oxygens (including phenoxy) is 1. The third kappa shape index (κ3) is 5.50. The molecular weight excluding hydrogens is 395 g/mol. The highest BCUT2D eigenvalue weighted by molar-refractivity contribution is 6.33. The number of pyridine rings is 1. The Hall–Kier alpha value is -2.03. The Bertz CT molecular complexity index is 769. The molecule has 1 aromatic carbocycles. The van der Waals surface area contributed by atoms with Crippen LogP contribution in [0.15, 0.2) is 42.6 Å². The van der Waals surface area contributed by atoms with Crippen molar-refractivity contribution in [2.75, 3.05) is 44.2 Å². The predicted molar refractivity (Wildman–Crippen MR) is 101 cm³/mol. The van der Waals surface area contributed by atoms with Gasteiger partial charge in [0.1, 0.15) is 24.3 Å². The van der Waals surface area contributed by atoms with Gasteiger partial charge in [-0.25, -0.2) is 4.98 Å². The topological polar surface area (TPSA) is 48.8 Å². The molecule has 28 heavy (non-hydrogen) atoms. The Morgan fingerprint density at radius 2 is 1.82 bits per heavy atom. The molecule has 1 aliphatic heterocycles.